The van der Waals surface area contributed by atoms with Gasteiger partial charge in [-0.1, -0.05) is 0 Å². The van der Waals surface area contributed by atoms with E-state index in [1.807, 2.05) is 0 Å². The first kappa shape index (κ1) is 11.1. The van der Waals surface area contributed by atoms with E-state index in [0.717, 1.165) is 18.2 Å². The molecule has 0 aliphatic heterocycles. The van der Waals surface area contributed by atoms with Crippen LogP contribution in [0.5, 0.6) is 0 Å². The monoisotopic (exact) mass is 201 g/mol. The average Bonchev–Trinajstić information content (AvgIpc) is 2.08. The SMILES string of the molecule is CC(N)C(C)(O)c1cc(F)ccc1F. The molecule has 0 saturated carbocycles. The Hall–Kier alpha value is -1.00. The summed E-state index contributed by atoms with van der Waals surface area (Å²) in [6.45, 7) is 2.89. The van der Waals surface area contributed by atoms with Gasteiger partial charge in [-0.15, -0.1) is 0 Å². The zero-order valence-electron chi connectivity index (χ0n) is 8.09. The molecule has 0 saturated heterocycles. The normalized spacial score (nSPS) is 17.6. The summed E-state index contributed by atoms with van der Waals surface area (Å²) in [6, 6.07) is 2.25. The molecular formula is C10H13F2NO. The van der Waals surface area contributed by atoms with Crippen LogP contribution in [-0.2, 0) is 5.60 Å². The molecule has 2 unspecified atom stereocenters. The Balaban J connectivity index is 3.24. The van der Waals surface area contributed by atoms with E-state index in [9.17, 15) is 13.9 Å². The first-order valence-corrected chi connectivity index (χ1v) is 4.29. The van der Waals surface area contributed by atoms with Crippen molar-refractivity contribution in [3.8, 4) is 0 Å². The van der Waals surface area contributed by atoms with E-state index in [-0.39, 0.29) is 5.56 Å². The van der Waals surface area contributed by atoms with Crippen molar-refractivity contribution in [2.24, 2.45) is 5.73 Å². The molecule has 1 rings (SSSR count). The lowest BCUT2D eigenvalue weighted by molar-refractivity contribution is 0.0310. The minimum Gasteiger partial charge on any atom is -0.384 e. The van der Waals surface area contributed by atoms with Gasteiger partial charge in [-0.2, -0.15) is 0 Å². The van der Waals surface area contributed by atoms with Crippen LogP contribution >= 0.6 is 0 Å². The highest BCUT2D eigenvalue weighted by atomic mass is 19.1. The molecular weight excluding hydrogens is 188 g/mol. The Morgan fingerprint density at radius 2 is 2.00 bits per heavy atom. The highest BCUT2D eigenvalue weighted by Crippen LogP contribution is 2.26. The van der Waals surface area contributed by atoms with E-state index in [2.05, 4.69) is 0 Å². The summed E-state index contributed by atoms with van der Waals surface area (Å²) in [5.74, 6) is -1.25. The van der Waals surface area contributed by atoms with Gasteiger partial charge < -0.3 is 10.8 Å². The molecule has 2 nitrogen and oxygen atoms in total. The molecule has 0 aliphatic carbocycles. The lowest BCUT2D eigenvalue weighted by Gasteiger charge is -2.28. The number of hydrogen-bond donors (Lipinski definition) is 2. The second-order valence-electron chi connectivity index (χ2n) is 3.56. The predicted octanol–water partition coefficient (Wildman–Crippen LogP) is 1.52. The number of nitrogens with two attached hydrogens (primary N) is 1. The molecule has 1 aromatic carbocycles. The molecule has 0 aromatic heterocycles. The van der Waals surface area contributed by atoms with Gasteiger partial charge >= 0.3 is 0 Å². The highest BCUT2D eigenvalue weighted by Gasteiger charge is 2.31. The molecule has 78 valence electrons. The maximum atomic E-state index is 13.2. The van der Waals surface area contributed by atoms with Gasteiger partial charge in [0.2, 0.25) is 0 Å². The van der Waals surface area contributed by atoms with Crippen molar-refractivity contribution < 1.29 is 13.9 Å². The predicted molar refractivity (Wildman–Crippen MR) is 49.6 cm³/mol. The maximum Gasteiger partial charge on any atom is 0.129 e. The number of aliphatic hydroxyl groups is 1. The summed E-state index contributed by atoms with van der Waals surface area (Å²) in [7, 11) is 0. The fourth-order valence-corrected chi connectivity index (χ4v) is 1.13. The largest absolute Gasteiger partial charge is 0.384 e. The lowest BCUT2D eigenvalue weighted by atomic mass is 9.89. The van der Waals surface area contributed by atoms with E-state index in [1.54, 1.807) is 0 Å². The van der Waals surface area contributed by atoms with Crippen molar-refractivity contribution in [1.82, 2.24) is 0 Å². The third-order valence-electron chi connectivity index (χ3n) is 2.36. The third-order valence-corrected chi connectivity index (χ3v) is 2.36. The van der Waals surface area contributed by atoms with Gasteiger partial charge in [0.25, 0.3) is 0 Å². The molecule has 0 amide bonds. The van der Waals surface area contributed by atoms with Gasteiger partial charge in [-0.3, -0.25) is 0 Å². The van der Waals surface area contributed by atoms with Crippen LogP contribution in [0.3, 0.4) is 0 Å². The van der Waals surface area contributed by atoms with Gasteiger partial charge in [-0.05, 0) is 32.0 Å². The van der Waals surface area contributed by atoms with Crippen molar-refractivity contribution in [3.63, 3.8) is 0 Å². The Kier molecular flexibility index (Phi) is 2.87. The summed E-state index contributed by atoms with van der Waals surface area (Å²) in [6.07, 6.45) is 0. The molecule has 0 fully saturated rings. The molecule has 3 N–H and O–H groups in total. The fourth-order valence-electron chi connectivity index (χ4n) is 1.13. The number of benzene rings is 1. The van der Waals surface area contributed by atoms with Crippen molar-refractivity contribution in [2.75, 3.05) is 0 Å². The fraction of sp³-hybridized carbons (Fsp3) is 0.400. The van der Waals surface area contributed by atoms with Crippen LogP contribution in [0, 0.1) is 11.6 Å². The minimum absolute atomic E-state index is 0.118. The quantitative estimate of drug-likeness (QED) is 0.762. The Bertz CT molecular complexity index is 337. The zero-order valence-corrected chi connectivity index (χ0v) is 8.09. The van der Waals surface area contributed by atoms with E-state index in [4.69, 9.17) is 5.73 Å². The van der Waals surface area contributed by atoms with Crippen LogP contribution in [-0.4, -0.2) is 11.1 Å². The van der Waals surface area contributed by atoms with E-state index in [0.29, 0.717) is 0 Å². The summed E-state index contributed by atoms with van der Waals surface area (Å²) < 4.78 is 26.1. The highest BCUT2D eigenvalue weighted by molar-refractivity contribution is 5.26. The van der Waals surface area contributed by atoms with E-state index >= 15 is 0 Å². The summed E-state index contributed by atoms with van der Waals surface area (Å²) in [5.41, 5.74) is 3.80. The van der Waals surface area contributed by atoms with Crippen LogP contribution in [0.1, 0.15) is 19.4 Å². The smallest absolute Gasteiger partial charge is 0.129 e. The van der Waals surface area contributed by atoms with Gasteiger partial charge in [0.15, 0.2) is 0 Å². The van der Waals surface area contributed by atoms with Crippen LogP contribution in [0.15, 0.2) is 18.2 Å². The minimum atomic E-state index is -1.56. The Morgan fingerprint density at radius 3 is 2.50 bits per heavy atom. The summed E-state index contributed by atoms with van der Waals surface area (Å²) >= 11 is 0. The molecule has 0 heterocycles. The number of halogens is 2. The zero-order chi connectivity index (χ0) is 10.9. The van der Waals surface area contributed by atoms with Crippen molar-refractivity contribution >= 4 is 0 Å². The Morgan fingerprint density at radius 1 is 1.43 bits per heavy atom. The molecule has 2 atom stereocenters. The standard InChI is InChI=1S/C10H13F2NO/c1-6(13)10(2,14)8-5-7(11)3-4-9(8)12/h3-6,14H,13H2,1-2H3. The van der Waals surface area contributed by atoms with Gasteiger partial charge in [-0.25, -0.2) is 8.78 Å². The van der Waals surface area contributed by atoms with Crippen molar-refractivity contribution in [3.05, 3.63) is 35.4 Å². The summed E-state index contributed by atoms with van der Waals surface area (Å²) in [4.78, 5) is 0. The second-order valence-corrected chi connectivity index (χ2v) is 3.56. The Labute approximate surface area is 81.4 Å². The molecule has 0 radical (unpaired) electrons. The van der Waals surface area contributed by atoms with Crippen LogP contribution in [0.25, 0.3) is 0 Å². The second kappa shape index (κ2) is 3.63. The van der Waals surface area contributed by atoms with E-state index in [1.165, 1.54) is 13.8 Å². The maximum absolute atomic E-state index is 13.2. The average molecular weight is 201 g/mol. The molecule has 1 aromatic rings. The molecule has 0 bridgehead atoms. The van der Waals surface area contributed by atoms with Gasteiger partial charge in [0, 0.05) is 11.6 Å². The van der Waals surface area contributed by atoms with Crippen LogP contribution < -0.4 is 5.73 Å². The topological polar surface area (TPSA) is 46.2 Å². The van der Waals surface area contributed by atoms with Crippen LogP contribution in [0.4, 0.5) is 8.78 Å². The molecule has 0 aliphatic rings. The van der Waals surface area contributed by atoms with E-state index < -0.39 is 23.3 Å². The van der Waals surface area contributed by atoms with Crippen LogP contribution in [0.2, 0.25) is 0 Å². The molecule has 0 spiro atoms. The molecule has 14 heavy (non-hydrogen) atoms. The molecule has 4 heteroatoms. The first-order chi connectivity index (χ1) is 6.35. The third kappa shape index (κ3) is 1.91. The van der Waals surface area contributed by atoms with Gasteiger partial charge in [0.05, 0.1) is 0 Å². The first-order valence-electron chi connectivity index (χ1n) is 4.29. The van der Waals surface area contributed by atoms with Crippen molar-refractivity contribution in [2.45, 2.75) is 25.5 Å². The summed E-state index contributed by atoms with van der Waals surface area (Å²) in [5, 5.41) is 9.84. The van der Waals surface area contributed by atoms with Crippen molar-refractivity contribution in [1.29, 1.82) is 0 Å². The number of hydrogen-bond acceptors (Lipinski definition) is 2. The van der Waals surface area contributed by atoms with Gasteiger partial charge in [0.1, 0.15) is 17.2 Å². The lowest BCUT2D eigenvalue weighted by Crippen LogP contribution is -2.41. The number of rotatable bonds is 2.